The molecule has 0 saturated carbocycles. The Morgan fingerprint density at radius 3 is 2.56 bits per heavy atom. The first-order valence-electron chi connectivity index (χ1n) is 5.53. The zero-order valence-electron chi connectivity index (χ0n) is 10.2. The quantitative estimate of drug-likeness (QED) is 0.507. The highest BCUT2D eigenvalue weighted by molar-refractivity contribution is 8.00. The fraction of sp³-hybridized carbons (Fsp3) is 0.455. The zero-order valence-corrected chi connectivity index (χ0v) is 11.8. The lowest BCUT2D eigenvalue weighted by molar-refractivity contribution is 0.198. The molecule has 0 bridgehead atoms. The van der Waals surface area contributed by atoms with Crippen LogP contribution in [0.25, 0.3) is 0 Å². The third-order valence-electron chi connectivity index (χ3n) is 2.10. The van der Waals surface area contributed by atoms with E-state index in [1.165, 1.54) is 18.7 Å². The van der Waals surface area contributed by atoms with Crippen LogP contribution < -0.4 is 10.5 Å². The van der Waals surface area contributed by atoms with Gasteiger partial charge in [0.25, 0.3) is 0 Å². The lowest BCUT2D eigenvalue weighted by Crippen LogP contribution is -2.33. The number of nitrogens with two attached hydrogens (primary N) is 1. The molecule has 1 rings (SSSR count). The molecule has 0 heterocycles. The molecule has 0 spiro atoms. The molecule has 5 nitrogen and oxygen atoms in total. The Hall–Kier alpha value is -0.760. The Labute approximate surface area is 112 Å². The number of hydrogen-bond donors (Lipinski definition) is 3. The second kappa shape index (κ2) is 6.98. The number of rotatable bonds is 7. The first kappa shape index (κ1) is 15.3. The van der Waals surface area contributed by atoms with Crippen molar-refractivity contribution in [3.8, 4) is 0 Å². The Bertz CT molecular complexity index is 458. The average Bonchev–Trinajstić information content (AvgIpc) is 2.29. The topological polar surface area (TPSA) is 92.4 Å². The lowest BCUT2D eigenvalue weighted by atomic mass is 10.3. The average molecular weight is 290 g/mol. The normalized spacial score (nSPS) is 13.4. The zero-order chi connectivity index (χ0) is 13.6. The van der Waals surface area contributed by atoms with Crippen LogP contribution in [-0.4, -0.2) is 37.7 Å². The minimum Gasteiger partial charge on any atom is -0.399 e. The summed E-state index contributed by atoms with van der Waals surface area (Å²) >= 11 is 1.45. The van der Waals surface area contributed by atoms with Gasteiger partial charge in [0.05, 0.1) is 11.9 Å². The summed E-state index contributed by atoms with van der Waals surface area (Å²) in [4.78, 5) is 0.981. The second-order valence-corrected chi connectivity index (χ2v) is 7.03. The van der Waals surface area contributed by atoms with E-state index in [0.29, 0.717) is 11.4 Å². The van der Waals surface area contributed by atoms with Crippen LogP contribution in [0.2, 0.25) is 0 Å². The van der Waals surface area contributed by atoms with Crippen LogP contribution in [-0.2, 0) is 10.0 Å². The lowest BCUT2D eigenvalue weighted by Gasteiger charge is -2.08. The van der Waals surface area contributed by atoms with E-state index in [9.17, 15) is 8.42 Å². The molecule has 0 aromatic heterocycles. The van der Waals surface area contributed by atoms with Crippen molar-refractivity contribution in [2.45, 2.75) is 17.9 Å². The van der Waals surface area contributed by atoms with Gasteiger partial charge >= 0.3 is 0 Å². The van der Waals surface area contributed by atoms with Crippen molar-refractivity contribution in [3.63, 3.8) is 0 Å². The van der Waals surface area contributed by atoms with E-state index < -0.39 is 16.1 Å². The number of benzene rings is 1. The molecule has 0 aliphatic rings. The molecule has 7 heteroatoms. The van der Waals surface area contributed by atoms with Crippen LogP contribution in [0.5, 0.6) is 0 Å². The van der Waals surface area contributed by atoms with E-state index in [-0.39, 0.29) is 12.3 Å². The molecule has 0 aliphatic heterocycles. The maximum absolute atomic E-state index is 11.5. The highest BCUT2D eigenvalue weighted by Gasteiger charge is 2.10. The summed E-state index contributed by atoms with van der Waals surface area (Å²) in [5, 5.41) is 9.00. The number of sulfonamides is 1. The predicted octanol–water partition coefficient (Wildman–Crippen LogP) is 0.661. The van der Waals surface area contributed by atoms with Gasteiger partial charge in [0, 0.05) is 22.9 Å². The molecule has 102 valence electrons. The van der Waals surface area contributed by atoms with Gasteiger partial charge in [-0.1, -0.05) is 0 Å². The van der Waals surface area contributed by atoms with Gasteiger partial charge in [-0.25, -0.2) is 13.1 Å². The molecule has 1 unspecified atom stereocenters. The molecular weight excluding hydrogens is 272 g/mol. The van der Waals surface area contributed by atoms with Gasteiger partial charge in [0.2, 0.25) is 10.0 Å². The number of anilines is 1. The van der Waals surface area contributed by atoms with Gasteiger partial charge < -0.3 is 10.8 Å². The smallest absolute Gasteiger partial charge is 0.212 e. The third-order valence-corrected chi connectivity index (χ3v) is 4.72. The summed E-state index contributed by atoms with van der Waals surface area (Å²) in [5.41, 5.74) is 6.24. The molecule has 0 fully saturated rings. The molecule has 0 radical (unpaired) electrons. The van der Waals surface area contributed by atoms with Gasteiger partial charge in [0.1, 0.15) is 0 Å². The molecular formula is C11H18N2O3S2. The van der Waals surface area contributed by atoms with Gasteiger partial charge in [-0.05, 0) is 31.2 Å². The van der Waals surface area contributed by atoms with Crippen LogP contribution in [0.15, 0.2) is 29.2 Å². The second-order valence-electron chi connectivity index (χ2n) is 3.93. The van der Waals surface area contributed by atoms with Crippen molar-refractivity contribution in [3.05, 3.63) is 24.3 Å². The van der Waals surface area contributed by atoms with E-state index in [0.717, 1.165) is 4.90 Å². The predicted molar refractivity (Wildman–Crippen MR) is 75.0 cm³/mol. The number of aliphatic hydroxyl groups is 1. The van der Waals surface area contributed by atoms with Gasteiger partial charge in [-0.15, -0.1) is 11.8 Å². The Balaban J connectivity index is 2.34. The van der Waals surface area contributed by atoms with Crippen LogP contribution in [0.4, 0.5) is 5.69 Å². The maximum Gasteiger partial charge on any atom is 0.212 e. The standard InChI is InChI=1S/C11H18N2O3S2/c1-9(14)8-13-18(15,16)7-6-17-11-4-2-10(12)3-5-11/h2-5,9,13-14H,6-8,12H2,1H3. The summed E-state index contributed by atoms with van der Waals surface area (Å²) < 4.78 is 25.4. The molecule has 18 heavy (non-hydrogen) atoms. The first-order valence-corrected chi connectivity index (χ1v) is 8.16. The minimum atomic E-state index is -3.31. The molecule has 0 aliphatic carbocycles. The molecule has 1 atom stereocenters. The summed E-state index contributed by atoms with van der Waals surface area (Å²) in [6.45, 7) is 1.58. The van der Waals surface area contributed by atoms with Crippen LogP contribution >= 0.6 is 11.8 Å². The summed E-state index contributed by atoms with van der Waals surface area (Å²) in [6.07, 6.45) is -0.676. The summed E-state index contributed by atoms with van der Waals surface area (Å²) in [7, 11) is -3.31. The van der Waals surface area contributed by atoms with Crippen LogP contribution in [0.3, 0.4) is 0 Å². The van der Waals surface area contributed by atoms with Crippen molar-refractivity contribution >= 4 is 27.5 Å². The van der Waals surface area contributed by atoms with Crippen molar-refractivity contribution in [2.24, 2.45) is 0 Å². The highest BCUT2D eigenvalue weighted by Crippen LogP contribution is 2.19. The van der Waals surface area contributed by atoms with Crippen molar-refractivity contribution in [1.29, 1.82) is 0 Å². The number of hydrogen-bond acceptors (Lipinski definition) is 5. The van der Waals surface area contributed by atoms with E-state index in [1.54, 1.807) is 12.1 Å². The van der Waals surface area contributed by atoms with E-state index in [2.05, 4.69) is 4.72 Å². The van der Waals surface area contributed by atoms with Gasteiger partial charge in [-0.2, -0.15) is 0 Å². The fourth-order valence-corrected chi connectivity index (χ4v) is 3.57. The molecule has 0 saturated heterocycles. The minimum absolute atomic E-state index is 0.0226. The number of aliphatic hydroxyl groups excluding tert-OH is 1. The molecule has 4 N–H and O–H groups in total. The highest BCUT2D eigenvalue weighted by atomic mass is 32.2. The van der Waals surface area contributed by atoms with E-state index >= 15 is 0 Å². The van der Waals surface area contributed by atoms with Gasteiger partial charge in [0.15, 0.2) is 0 Å². The first-order chi connectivity index (χ1) is 8.39. The van der Waals surface area contributed by atoms with E-state index in [4.69, 9.17) is 10.8 Å². The number of nitrogens with one attached hydrogen (secondary N) is 1. The third kappa shape index (κ3) is 6.25. The van der Waals surface area contributed by atoms with Gasteiger partial charge in [-0.3, -0.25) is 0 Å². The monoisotopic (exact) mass is 290 g/mol. The molecule has 1 aromatic rings. The SMILES string of the molecule is CC(O)CNS(=O)(=O)CCSc1ccc(N)cc1. The number of thioether (sulfide) groups is 1. The fourth-order valence-electron chi connectivity index (χ4n) is 1.15. The van der Waals surface area contributed by atoms with Crippen molar-refractivity contribution in [1.82, 2.24) is 4.72 Å². The summed E-state index contributed by atoms with van der Waals surface area (Å²) in [6, 6.07) is 7.27. The Morgan fingerprint density at radius 2 is 2.00 bits per heavy atom. The Morgan fingerprint density at radius 1 is 1.39 bits per heavy atom. The van der Waals surface area contributed by atoms with Crippen molar-refractivity contribution in [2.75, 3.05) is 23.8 Å². The largest absolute Gasteiger partial charge is 0.399 e. The van der Waals surface area contributed by atoms with E-state index in [1.807, 2.05) is 12.1 Å². The Kier molecular flexibility index (Phi) is 5.94. The van der Waals surface area contributed by atoms with Crippen LogP contribution in [0, 0.1) is 0 Å². The molecule has 0 amide bonds. The number of nitrogen functional groups attached to an aromatic ring is 1. The molecule has 1 aromatic carbocycles. The maximum atomic E-state index is 11.5. The summed E-state index contributed by atoms with van der Waals surface area (Å²) in [5.74, 6) is 0.480. The van der Waals surface area contributed by atoms with Crippen LogP contribution in [0.1, 0.15) is 6.92 Å². The van der Waals surface area contributed by atoms with Crippen molar-refractivity contribution < 1.29 is 13.5 Å².